The van der Waals surface area contributed by atoms with Crippen LogP contribution in [0, 0.1) is 6.92 Å². The van der Waals surface area contributed by atoms with Crippen LogP contribution < -0.4 is 4.90 Å². The van der Waals surface area contributed by atoms with Crippen LogP contribution in [0.3, 0.4) is 0 Å². The van der Waals surface area contributed by atoms with Crippen molar-refractivity contribution in [1.29, 1.82) is 0 Å². The number of amides is 1. The number of benzene rings is 1. The van der Waals surface area contributed by atoms with Crippen LogP contribution in [-0.2, 0) is 6.54 Å². The lowest BCUT2D eigenvalue weighted by Gasteiger charge is -2.19. The maximum Gasteiger partial charge on any atom is 0.260 e. The molecule has 1 aliphatic heterocycles. The normalized spacial score (nSPS) is 16.4. The fourth-order valence-corrected chi connectivity index (χ4v) is 3.53. The van der Waals surface area contributed by atoms with Crippen LogP contribution in [0.15, 0.2) is 36.5 Å². The van der Waals surface area contributed by atoms with Gasteiger partial charge in [0.1, 0.15) is 0 Å². The van der Waals surface area contributed by atoms with Gasteiger partial charge in [-0.15, -0.1) is 0 Å². The summed E-state index contributed by atoms with van der Waals surface area (Å²) in [4.78, 5) is 19.5. The Hall–Kier alpha value is -2.73. The first-order valence-corrected chi connectivity index (χ1v) is 8.48. The Kier molecular flexibility index (Phi) is 3.77. The van der Waals surface area contributed by atoms with Crippen molar-refractivity contribution in [2.45, 2.75) is 26.3 Å². The lowest BCUT2D eigenvalue weighted by molar-refractivity contribution is 0.0986. The Morgan fingerprint density at radius 2 is 2.16 bits per heavy atom. The number of carbonyl (C=O) groups excluding carboxylic acids is 1. The van der Waals surface area contributed by atoms with Crippen molar-refractivity contribution in [3.63, 3.8) is 0 Å². The summed E-state index contributed by atoms with van der Waals surface area (Å²) in [6.45, 7) is 5.12. The smallest absolute Gasteiger partial charge is 0.260 e. The maximum atomic E-state index is 13.2. The van der Waals surface area contributed by atoms with Crippen LogP contribution >= 0.6 is 0 Å². The lowest BCUT2D eigenvalue weighted by Crippen LogP contribution is -2.31. The number of pyridine rings is 1. The predicted octanol–water partition coefficient (Wildman–Crippen LogP) is 2.50. The molecule has 0 saturated heterocycles. The van der Waals surface area contributed by atoms with Gasteiger partial charge < -0.3 is 10.0 Å². The number of aliphatic hydroxyl groups is 1. The number of aromatic nitrogens is 3. The topological polar surface area (TPSA) is 71.2 Å². The Morgan fingerprint density at radius 1 is 1.36 bits per heavy atom. The highest BCUT2D eigenvalue weighted by Crippen LogP contribution is 2.37. The monoisotopic (exact) mass is 336 g/mol. The van der Waals surface area contributed by atoms with Crippen molar-refractivity contribution in [3.8, 4) is 0 Å². The molecule has 2 aromatic heterocycles. The van der Waals surface area contributed by atoms with E-state index in [0.717, 1.165) is 28.8 Å². The summed E-state index contributed by atoms with van der Waals surface area (Å²) < 4.78 is 1.82. The predicted molar refractivity (Wildman–Crippen MR) is 95.9 cm³/mol. The first-order chi connectivity index (χ1) is 12.1. The molecule has 6 heteroatoms. The van der Waals surface area contributed by atoms with Crippen LogP contribution in [0.4, 0.5) is 5.69 Å². The van der Waals surface area contributed by atoms with Gasteiger partial charge in [0.25, 0.3) is 5.91 Å². The molecule has 0 bridgehead atoms. The zero-order valence-electron chi connectivity index (χ0n) is 14.3. The Labute approximate surface area is 145 Å². The Balaban J connectivity index is 1.77. The van der Waals surface area contributed by atoms with Gasteiger partial charge in [-0.2, -0.15) is 5.10 Å². The van der Waals surface area contributed by atoms with E-state index in [0.29, 0.717) is 17.8 Å². The molecule has 0 aliphatic carbocycles. The van der Waals surface area contributed by atoms with Gasteiger partial charge in [0.15, 0.2) is 5.65 Å². The molecule has 0 fully saturated rings. The van der Waals surface area contributed by atoms with E-state index in [1.165, 1.54) is 0 Å². The average molecular weight is 336 g/mol. The van der Waals surface area contributed by atoms with Gasteiger partial charge in [-0.25, -0.2) is 9.67 Å². The quantitative estimate of drug-likeness (QED) is 0.798. The molecule has 3 heterocycles. The molecule has 6 nitrogen and oxygen atoms in total. The van der Waals surface area contributed by atoms with E-state index in [4.69, 9.17) is 0 Å². The van der Waals surface area contributed by atoms with E-state index in [-0.39, 0.29) is 18.4 Å². The number of aliphatic hydroxyl groups excluding tert-OH is 1. The van der Waals surface area contributed by atoms with Gasteiger partial charge in [0, 0.05) is 30.1 Å². The number of anilines is 1. The van der Waals surface area contributed by atoms with Crippen LogP contribution in [0.25, 0.3) is 11.0 Å². The molecule has 1 aromatic carbocycles. The van der Waals surface area contributed by atoms with E-state index >= 15 is 0 Å². The summed E-state index contributed by atoms with van der Waals surface area (Å²) in [5, 5.41) is 14.8. The number of hydrogen-bond acceptors (Lipinski definition) is 4. The second-order valence-electron chi connectivity index (χ2n) is 6.35. The van der Waals surface area contributed by atoms with Gasteiger partial charge in [-0.05, 0) is 31.5 Å². The second-order valence-corrected chi connectivity index (χ2v) is 6.35. The van der Waals surface area contributed by atoms with Crippen molar-refractivity contribution >= 4 is 22.6 Å². The first-order valence-electron chi connectivity index (χ1n) is 8.48. The van der Waals surface area contributed by atoms with E-state index in [9.17, 15) is 9.90 Å². The molecule has 1 N–H and O–H groups in total. The SMILES string of the molecule is CCn1ncc2cc(C(=O)N3CC(CO)c4ccccc43)c(C)nc21. The fraction of sp³-hybridized carbons (Fsp3) is 0.316. The summed E-state index contributed by atoms with van der Waals surface area (Å²) >= 11 is 0. The van der Waals surface area contributed by atoms with Gasteiger partial charge in [-0.3, -0.25) is 4.79 Å². The van der Waals surface area contributed by atoms with Crippen molar-refractivity contribution in [2.24, 2.45) is 0 Å². The Bertz CT molecular complexity index is 963. The molecule has 0 saturated carbocycles. The number of carbonyl (C=O) groups is 1. The number of hydrogen-bond donors (Lipinski definition) is 1. The first kappa shape index (κ1) is 15.8. The molecule has 1 atom stereocenters. The molecule has 1 unspecified atom stereocenters. The third-order valence-electron chi connectivity index (χ3n) is 4.87. The van der Waals surface area contributed by atoms with Gasteiger partial charge in [0.05, 0.1) is 24.1 Å². The summed E-state index contributed by atoms with van der Waals surface area (Å²) in [7, 11) is 0. The highest BCUT2D eigenvalue weighted by atomic mass is 16.3. The lowest BCUT2D eigenvalue weighted by atomic mass is 10.0. The summed E-state index contributed by atoms with van der Waals surface area (Å²) in [6.07, 6.45) is 1.75. The molecular formula is C19H20N4O2. The highest BCUT2D eigenvalue weighted by molar-refractivity contribution is 6.09. The number of para-hydroxylation sites is 1. The summed E-state index contributed by atoms with van der Waals surface area (Å²) in [6, 6.07) is 9.63. The zero-order chi connectivity index (χ0) is 17.6. The molecule has 0 radical (unpaired) electrons. The van der Waals surface area contributed by atoms with Crippen LogP contribution in [-0.4, -0.2) is 38.9 Å². The minimum absolute atomic E-state index is 0.0281. The molecule has 128 valence electrons. The fourth-order valence-electron chi connectivity index (χ4n) is 3.53. The van der Waals surface area contributed by atoms with Gasteiger partial charge in [0.2, 0.25) is 0 Å². The third kappa shape index (κ3) is 2.41. The van der Waals surface area contributed by atoms with Crippen molar-refractivity contribution < 1.29 is 9.90 Å². The number of nitrogens with zero attached hydrogens (tertiary/aromatic N) is 4. The maximum absolute atomic E-state index is 13.2. The average Bonchev–Trinajstić information content (AvgIpc) is 3.21. The van der Waals surface area contributed by atoms with Crippen LogP contribution in [0.5, 0.6) is 0 Å². The third-order valence-corrected chi connectivity index (χ3v) is 4.87. The molecule has 0 spiro atoms. The number of rotatable bonds is 3. The molecule has 4 rings (SSSR count). The standard InChI is InChI=1S/C19H20N4O2/c1-3-23-18-13(9-20-23)8-16(12(2)21-18)19(25)22-10-14(11-24)15-6-4-5-7-17(15)22/h4-9,14,24H,3,10-11H2,1-2H3. The van der Waals surface area contributed by atoms with Gasteiger partial charge in [-0.1, -0.05) is 18.2 Å². The largest absolute Gasteiger partial charge is 0.396 e. The minimum Gasteiger partial charge on any atom is -0.396 e. The zero-order valence-corrected chi connectivity index (χ0v) is 14.3. The van der Waals surface area contributed by atoms with E-state index in [1.807, 2.05) is 48.9 Å². The number of aryl methyl sites for hydroxylation is 2. The van der Waals surface area contributed by atoms with E-state index in [1.54, 1.807) is 11.1 Å². The molecular weight excluding hydrogens is 316 g/mol. The molecule has 25 heavy (non-hydrogen) atoms. The van der Waals surface area contributed by atoms with Crippen molar-refractivity contribution in [1.82, 2.24) is 14.8 Å². The highest BCUT2D eigenvalue weighted by Gasteiger charge is 2.33. The van der Waals surface area contributed by atoms with Crippen LogP contribution in [0.2, 0.25) is 0 Å². The van der Waals surface area contributed by atoms with Gasteiger partial charge >= 0.3 is 0 Å². The molecule has 1 aliphatic rings. The van der Waals surface area contributed by atoms with E-state index in [2.05, 4.69) is 10.1 Å². The van der Waals surface area contributed by atoms with Crippen molar-refractivity contribution in [2.75, 3.05) is 18.1 Å². The second kappa shape index (κ2) is 5.97. The molecule has 3 aromatic rings. The van der Waals surface area contributed by atoms with Crippen LogP contribution in [0.1, 0.15) is 34.5 Å². The Morgan fingerprint density at radius 3 is 2.92 bits per heavy atom. The number of fused-ring (bicyclic) bond motifs is 2. The minimum atomic E-state index is -0.0838. The summed E-state index contributed by atoms with van der Waals surface area (Å²) in [5.74, 6) is -0.125. The molecule has 1 amide bonds. The van der Waals surface area contributed by atoms with Crippen molar-refractivity contribution in [3.05, 3.63) is 53.3 Å². The summed E-state index contributed by atoms with van der Waals surface area (Å²) in [5.41, 5.74) is 3.96. The van der Waals surface area contributed by atoms with E-state index < -0.39 is 0 Å².